The lowest BCUT2D eigenvalue weighted by Crippen LogP contribution is -2.02. The predicted molar refractivity (Wildman–Crippen MR) is 80.1 cm³/mol. The van der Waals surface area contributed by atoms with Crippen LogP contribution in [0.2, 0.25) is 0 Å². The average Bonchev–Trinajstić information content (AvgIpc) is 2.81. The fraction of sp³-hybridized carbons (Fsp3) is 0.188. The van der Waals surface area contributed by atoms with Crippen LogP contribution in [0.1, 0.15) is 17.0 Å². The minimum Gasteiger partial charge on any atom is -0.295 e. The molecule has 0 N–H and O–H groups in total. The molecule has 0 amide bonds. The molecule has 4 heteroatoms. The number of fused-ring (bicyclic) bond motifs is 1. The van der Waals surface area contributed by atoms with Crippen LogP contribution in [0.4, 0.5) is 4.39 Å². The molecule has 0 aliphatic carbocycles. The summed E-state index contributed by atoms with van der Waals surface area (Å²) < 4.78 is 15.8. The number of hydrogen-bond donors (Lipinski definition) is 0. The number of alkyl halides is 1. The van der Waals surface area contributed by atoms with E-state index < -0.39 is 0 Å². The second kappa shape index (κ2) is 4.91. The number of aryl methyl sites for hydroxylation is 2. The lowest BCUT2D eigenvalue weighted by atomic mass is 10.1. The zero-order chi connectivity index (χ0) is 14.3. The van der Waals surface area contributed by atoms with E-state index in [2.05, 4.69) is 17.1 Å². The van der Waals surface area contributed by atoms with Crippen molar-refractivity contribution in [3.8, 4) is 5.69 Å². The number of hydrogen-bond acceptors (Lipinski definition) is 1. The van der Waals surface area contributed by atoms with E-state index in [1.54, 1.807) is 6.07 Å². The van der Waals surface area contributed by atoms with Crippen LogP contribution in [0.5, 0.6) is 0 Å². The smallest absolute Gasteiger partial charge is 0.151 e. The fourth-order valence-electron chi connectivity index (χ4n) is 2.43. The van der Waals surface area contributed by atoms with E-state index in [1.807, 2.05) is 30.5 Å². The van der Waals surface area contributed by atoms with Gasteiger partial charge in [-0.1, -0.05) is 18.2 Å². The van der Waals surface area contributed by atoms with Crippen LogP contribution in [0.3, 0.4) is 0 Å². The van der Waals surface area contributed by atoms with Crippen molar-refractivity contribution in [2.24, 2.45) is 0 Å². The Balaban J connectivity index is 2.40. The van der Waals surface area contributed by atoms with Gasteiger partial charge in [-0.05, 0) is 43.2 Å². The molecule has 0 atom stereocenters. The molecule has 0 bridgehead atoms. The first-order valence-corrected chi connectivity index (χ1v) is 6.94. The highest BCUT2D eigenvalue weighted by molar-refractivity contribution is 6.17. The summed E-state index contributed by atoms with van der Waals surface area (Å²) in [7, 11) is 0. The fourth-order valence-corrected chi connectivity index (χ4v) is 2.61. The van der Waals surface area contributed by atoms with Crippen LogP contribution in [0.25, 0.3) is 16.7 Å². The Morgan fingerprint density at radius 3 is 2.75 bits per heavy atom. The Hall–Kier alpha value is -1.87. The molecule has 3 rings (SSSR count). The first-order chi connectivity index (χ1) is 9.61. The molecule has 0 aliphatic heterocycles. The largest absolute Gasteiger partial charge is 0.295 e. The van der Waals surface area contributed by atoms with E-state index >= 15 is 0 Å². The quantitative estimate of drug-likeness (QED) is 0.634. The number of halogens is 2. The van der Waals surface area contributed by atoms with Gasteiger partial charge in [0.25, 0.3) is 0 Å². The summed E-state index contributed by atoms with van der Waals surface area (Å²) in [5.41, 5.74) is 4.35. The number of imidazole rings is 1. The topological polar surface area (TPSA) is 17.8 Å². The van der Waals surface area contributed by atoms with Gasteiger partial charge in [0.15, 0.2) is 5.82 Å². The molecule has 3 aromatic rings. The molecule has 2 nitrogen and oxygen atoms in total. The van der Waals surface area contributed by atoms with Gasteiger partial charge in [0.1, 0.15) is 11.3 Å². The van der Waals surface area contributed by atoms with E-state index in [0.29, 0.717) is 11.3 Å². The third-order valence-electron chi connectivity index (χ3n) is 3.43. The van der Waals surface area contributed by atoms with E-state index in [-0.39, 0.29) is 11.7 Å². The summed E-state index contributed by atoms with van der Waals surface area (Å²) in [4.78, 5) is 4.33. The van der Waals surface area contributed by atoms with Gasteiger partial charge in [0.2, 0.25) is 0 Å². The average molecular weight is 289 g/mol. The van der Waals surface area contributed by atoms with E-state index in [0.717, 1.165) is 22.3 Å². The van der Waals surface area contributed by atoms with Gasteiger partial charge in [-0.15, -0.1) is 11.6 Å². The van der Waals surface area contributed by atoms with Crippen LogP contribution in [0.15, 0.2) is 36.4 Å². The zero-order valence-electron chi connectivity index (χ0n) is 11.3. The minimum absolute atomic E-state index is 0.238. The molecule has 1 aromatic heterocycles. The van der Waals surface area contributed by atoms with Gasteiger partial charge in [0, 0.05) is 0 Å². The molecule has 0 spiro atoms. The molecule has 0 unspecified atom stereocenters. The number of nitrogens with zero attached hydrogens (tertiary/aromatic N) is 2. The predicted octanol–water partition coefficient (Wildman–Crippen LogP) is 4.52. The standard InChI is InChI=1S/C16H14ClFN2/c1-10-6-7-11(2)14(8-10)20-13-5-3-4-12(18)16(13)19-15(20)9-17/h3-8H,9H2,1-2H3. The first kappa shape index (κ1) is 13.1. The highest BCUT2D eigenvalue weighted by Crippen LogP contribution is 2.26. The molecule has 102 valence electrons. The lowest BCUT2D eigenvalue weighted by molar-refractivity contribution is 0.637. The number of benzene rings is 2. The maximum Gasteiger partial charge on any atom is 0.151 e. The van der Waals surface area contributed by atoms with E-state index in [1.165, 1.54) is 6.07 Å². The summed E-state index contributed by atoms with van der Waals surface area (Å²) in [5, 5.41) is 0. The lowest BCUT2D eigenvalue weighted by Gasteiger charge is -2.12. The van der Waals surface area contributed by atoms with Crippen molar-refractivity contribution < 1.29 is 4.39 Å². The van der Waals surface area contributed by atoms with Crippen molar-refractivity contribution in [2.75, 3.05) is 0 Å². The number of rotatable bonds is 2. The Morgan fingerprint density at radius 1 is 1.20 bits per heavy atom. The Kier molecular flexibility index (Phi) is 3.22. The van der Waals surface area contributed by atoms with Crippen LogP contribution in [-0.4, -0.2) is 9.55 Å². The van der Waals surface area contributed by atoms with Gasteiger partial charge < -0.3 is 0 Å². The van der Waals surface area contributed by atoms with Crippen molar-refractivity contribution in [3.05, 3.63) is 59.2 Å². The summed E-state index contributed by atoms with van der Waals surface area (Å²) in [5.74, 6) is 0.569. The summed E-state index contributed by atoms with van der Waals surface area (Å²) in [6, 6.07) is 11.1. The van der Waals surface area contributed by atoms with Crippen molar-refractivity contribution >= 4 is 22.6 Å². The second-order valence-corrected chi connectivity index (χ2v) is 5.16. The maximum absolute atomic E-state index is 13.9. The SMILES string of the molecule is Cc1ccc(C)c(-n2c(CCl)nc3c(F)cccc32)c1. The normalized spacial score (nSPS) is 11.2. The Morgan fingerprint density at radius 2 is 2.00 bits per heavy atom. The monoisotopic (exact) mass is 288 g/mol. The molecule has 2 aromatic carbocycles. The number of aromatic nitrogens is 2. The Labute approximate surface area is 121 Å². The van der Waals surface area contributed by atoms with Gasteiger partial charge in [-0.25, -0.2) is 9.37 Å². The molecule has 0 radical (unpaired) electrons. The molecule has 1 heterocycles. The van der Waals surface area contributed by atoms with Crippen molar-refractivity contribution in [1.29, 1.82) is 0 Å². The third-order valence-corrected chi connectivity index (χ3v) is 3.67. The van der Waals surface area contributed by atoms with Gasteiger partial charge >= 0.3 is 0 Å². The summed E-state index contributed by atoms with van der Waals surface area (Å²) >= 11 is 5.99. The molecule has 0 saturated heterocycles. The summed E-state index contributed by atoms with van der Waals surface area (Å²) in [6.45, 7) is 4.06. The van der Waals surface area contributed by atoms with Crippen molar-refractivity contribution in [1.82, 2.24) is 9.55 Å². The highest BCUT2D eigenvalue weighted by Gasteiger charge is 2.15. The van der Waals surface area contributed by atoms with Crippen molar-refractivity contribution in [2.45, 2.75) is 19.7 Å². The maximum atomic E-state index is 13.9. The molecule has 20 heavy (non-hydrogen) atoms. The first-order valence-electron chi connectivity index (χ1n) is 6.41. The Bertz CT molecular complexity index is 793. The highest BCUT2D eigenvalue weighted by atomic mass is 35.5. The zero-order valence-corrected chi connectivity index (χ0v) is 12.1. The van der Waals surface area contributed by atoms with Crippen molar-refractivity contribution in [3.63, 3.8) is 0 Å². The van der Waals surface area contributed by atoms with E-state index in [9.17, 15) is 4.39 Å². The molecule has 0 fully saturated rings. The van der Waals surface area contributed by atoms with Crippen LogP contribution in [-0.2, 0) is 5.88 Å². The molecule has 0 aliphatic rings. The molecule has 0 saturated carbocycles. The van der Waals surface area contributed by atoms with Crippen LogP contribution >= 0.6 is 11.6 Å². The molecular formula is C16H14ClFN2. The molecular weight excluding hydrogens is 275 g/mol. The van der Waals surface area contributed by atoms with Crippen LogP contribution in [0, 0.1) is 19.7 Å². The van der Waals surface area contributed by atoms with Gasteiger partial charge in [-0.3, -0.25) is 4.57 Å². The second-order valence-electron chi connectivity index (χ2n) is 4.89. The summed E-state index contributed by atoms with van der Waals surface area (Å²) in [6.07, 6.45) is 0. The third kappa shape index (κ3) is 1.98. The van der Waals surface area contributed by atoms with Gasteiger partial charge in [-0.2, -0.15) is 0 Å². The van der Waals surface area contributed by atoms with E-state index in [4.69, 9.17) is 11.6 Å². The minimum atomic E-state index is -0.321. The number of para-hydroxylation sites is 1. The van der Waals surface area contributed by atoms with Crippen LogP contribution < -0.4 is 0 Å². The van der Waals surface area contributed by atoms with Gasteiger partial charge in [0.05, 0.1) is 17.1 Å².